The van der Waals surface area contributed by atoms with Crippen molar-refractivity contribution in [2.45, 2.75) is 45.2 Å². The van der Waals surface area contributed by atoms with Gasteiger partial charge >= 0.3 is 0 Å². The molecule has 2 unspecified atom stereocenters. The first-order valence-electron chi connectivity index (χ1n) is 6.80. The molecule has 0 bridgehead atoms. The number of nitrogens with zero attached hydrogens (tertiary/aromatic N) is 1. The van der Waals surface area contributed by atoms with Crippen molar-refractivity contribution in [2.24, 2.45) is 0 Å². The van der Waals surface area contributed by atoms with Crippen LogP contribution in [-0.2, 0) is 9.59 Å². The van der Waals surface area contributed by atoms with Crippen LogP contribution in [0.3, 0.4) is 0 Å². The van der Waals surface area contributed by atoms with E-state index in [0.717, 1.165) is 12.8 Å². The average molecular weight is 280 g/mol. The minimum absolute atomic E-state index is 0.0394. The summed E-state index contributed by atoms with van der Waals surface area (Å²) in [4.78, 5) is 27.1. The quantitative estimate of drug-likeness (QED) is 0.900. The SMILES string of the molecule is CCCC(c1cccs1)N1CC(=O)NC(CC)C1=O. The van der Waals surface area contributed by atoms with Crippen LogP contribution in [0.15, 0.2) is 17.5 Å². The molecule has 4 nitrogen and oxygen atoms in total. The fourth-order valence-electron chi connectivity index (χ4n) is 2.48. The molecule has 2 rings (SSSR count). The average Bonchev–Trinajstić information content (AvgIpc) is 2.92. The summed E-state index contributed by atoms with van der Waals surface area (Å²) in [6, 6.07) is 3.72. The largest absolute Gasteiger partial charge is 0.343 e. The zero-order valence-electron chi connectivity index (χ0n) is 11.4. The van der Waals surface area contributed by atoms with Gasteiger partial charge in [0.15, 0.2) is 0 Å². The number of nitrogens with one attached hydrogen (secondary N) is 1. The lowest BCUT2D eigenvalue weighted by Gasteiger charge is -2.37. The molecule has 2 amide bonds. The molecule has 19 heavy (non-hydrogen) atoms. The van der Waals surface area contributed by atoms with Crippen molar-refractivity contribution in [3.05, 3.63) is 22.4 Å². The molecule has 0 aromatic carbocycles. The summed E-state index contributed by atoms with van der Waals surface area (Å²) in [7, 11) is 0. The van der Waals surface area contributed by atoms with E-state index >= 15 is 0 Å². The third-order valence-electron chi connectivity index (χ3n) is 3.45. The van der Waals surface area contributed by atoms with Gasteiger partial charge in [-0.25, -0.2) is 0 Å². The standard InChI is InChI=1S/C14H20N2O2S/c1-3-6-11(12-7-5-8-19-12)16-9-13(17)15-10(4-2)14(16)18/h5,7-8,10-11H,3-4,6,9H2,1-2H3,(H,15,17). The van der Waals surface area contributed by atoms with Crippen molar-refractivity contribution in [2.75, 3.05) is 6.54 Å². The number of carbonyl (C=O) groups is 2. The monoisotopic (exact) mass is 280 g/mol. The van der Waals surface area contributed by atoms with Crippen molar-refractivity contribution in [1.29, 1.82) is 0 Å². The fourth-order valence-corrected chi connectivity index (χ4v) is 3.35. The lowest BCUT2D eigenvalue weighted by Crippen LogP contribution is -2.58. The van der Waals surface area contributed by atoms with E-state index in [0.29, 0.717) is 6.42 Å². The highest BCUT2D eigenvalue weighted by atomic mass is 32.1. The number of hydrogen-bond donors (Lipinski definition) is 1. The van der Waals surface area contributed by atoms with Crippen LogP contribution in [0.2, 0.25) is 0 Å². The number of carbonyl (C=O) groups excluding carboxylic acids is 2. The predicted octanol–water partition coefficient (Wildman–Crippen LogP) is 2.33. The molecule has 1 aliphatic rings. The molecule has 5 heteroatoms. The molecule has 1 saturated heterocycles. The zero-order valence-corrected chi connectivity index (χ0v) is 12.2. The highest BCUT2D eigenvalue weighted by Gasteiger charge is 2.36. The Morgan fingerprint density at radius 3 is 2.84 bits per heavy atom. The van der Waals surface area contributed by atoms with Crippen LogP contribution in [-0.4, -0.2) is 29.3 Å². The number of hydrogen-bond acceptors (Lipinski definition) is 3. The highest BCUT2D eigenvalue weighted by molar-refractivity contribution is 7.10. The molecule has 1 aromatic heterocycles. The van der Waals surface area contributed by atoms with Crippen LogP contribution in [0, 0.1) is 0 Å². The van der Waals surface area contributed by atoms with Gasteiger partial charge in [0.05, 0.1) is 6.04 Å². The Bertz CT molecular complexity index is 444. The van der Waals surface area contributed by atoms with E-state index in [-0.39, 0.29) is 30.4 Å². The second-order valence-corrected chi connectivity index (χ2v) is 5.79. The van der Waals surface area contributed by atoms with Crippen molar-refractivity contribution in [3.8, 4) is 0 Å². The van der Waals surface area contributed by atoms with Crippen LogP contribution in [0.4, 0.5) is 0 Å². The fraction of sp³-hybridized carbons (Fsp3) is 0.571. The number of thiophene rings is 1. The van der Waals surface area contributed by atoms with Crippen LogP contribution in [0.1, 0.15) is 44.0 Å². The molecular formula is C14H20N2O2S. The molecule has 104 valence electrons. The summed E-state index contributed by atoms with van der Waals surface area (Å²) in [5, 5.41) is 4.78. The maximum atomic E-state index is 12.4. The van der Waals surface area contributed by atoms with Gasteiger partial charge in [0.2, 0.25) is 11.8 Å². The molecule has 0 spiro atoms. The number of piperazine rings is 1. The first-order valence-corrected chi connectivity index (χ1v) is 7.68. The maximum absolute atomic E-state index is 12.4. The topological polar surface area (TPSA) is 49.4 Å². The molecule has 1 aromatic rings. The van der Waals surface area contributed by atoms with E-state index in [1.165, 1.54) is 4.88 Å². The van der Waals surface area contributed by atoms with Crippen molar-refractivity contribution < 1.29 is 9.59 Å². The molecule has 2 heterocycles. The zero-order chi connectivity index (χ0) is 13.8. The molecule has 0 aliphatic carbocycles. The van der Waals surface area contributed by atoms with Gasteiger partial charge in [-0.2, -0.15) is 0 Å². The predicted molar refractivity (Wildman–Crippen MR) is 75.9 cm³/mol. The third kappa shape index (κ3) is 2.97. The molecule has 0 saturated carbocycles. The van der Waals surface area contributed by atoms with Crippen molar-refractivity contribution >= 4 is 23.2 Å². The first-order chi connectivity index (χ1) is 9.17. The van der Waals surface area contributed by atoms with Gasteiger partial charge in [0.25, 0.3) is 0 Å². The lowest BCUT2D eigenvalue weighted by atomic mass is 10.0. The highest BCUT2D eigenvalue weighted by Crippen LogP contribution is 2.30. The molecule has 1 aliphatic heterocycles. The van der Waals surface area contributed by atoms with Gasteiger partial charge in [-0.3, -0.25) is 9.59 Å². The summed E-state index contributed by atoms with van der Waals surface area (Å²) in [5.41, 5.74) is 0. The van der Waals surface area contributed by atoms with E-state index in [1.54, 1.807) is 16.2 Å². The summed E-state index contributed by atoms with van der Waals surface area (Å²) in [6.45, 7) is 4.20. The van der Waals surface area contributed by atoms with E-state index in [2.05, 4.69) is 12.2 Å². The van der Waals surface area contributed by atoms with Gasteiger partial charge in [-0.15, -0.1) is 11.3 Å². The second kappa shape index (κ2) is 6.19. The molecular weight excluding hydrogens is 260 g/mol. The lowest BCUT2D eigenvalue weighted by molar-refractivity contribution is -0.147. The third-order valence-corrected chi connectivity index (χ3v) is 4.42. The number of amides is 2. The maximum Gasteiger partial charge on any atom is 0.246 e. The molecule has 1 fully saturated rings. The van der Waals surface area contributed by atoms with E-state index in [1.807, 2.05) is 24.4 Å². The normalized spacial score (nSPS) is 21.4. The van der Waals surface area contributed by atoms with Crippen LogP contribution in [0.25, 0.3) is 0 Å². The minimum Gasteiger partial charge on any atom is -0.343 e. The number of rotatable bonds is 5. The van der Waals surface area contributed by atoms with Gasteiger partial charge < -0.3 is 10.2 Å². The van der Waals surface area contributed by atoms with Crippen LogP contribution < -0.4 is 5.32 Å². The molecule has 2 atom stereocenters. The van der Waals surface area contributed by atoms with E-state index in [9.17, 15) is 9.59 Å². The molecule has 0 radical (unpaired) electrons. The summed E-state index contributed by atoms with van der Waals surface area (Å²) in [5.74, 6) is -0.00180. The first kappa shape index (κ1) is 14.1. The second-order valence-electron chi connectivity index (χ2n) is 4.81. The van der Waals surface area contributed by atoms with Gasteiger partial charge in [-0.05, 0) is 24.3 Å². The Labute approximate surface area is 117 Å². The molecule has 1 N–H and O–H groups in total. The Morgan fingerprint density at radius 2 is 2.26 bits per heavy atom. The van der Waals surface area contributed by atoms with Gasteiger partial charge in [0.1, 0.15) is 12.6 Å². The van der Waals surface area contributed by atoms with Crippen LogP contribution >= 0.6 is 11.3 Å². The van der Waals surface area contributed by atoms with Gasteiger partial charge in [-0.1, -0.05) is 26.3 Å². The Morgan fingerprint density at radius 1 is 1.47 bits per heavy atom. The van der Waals surface area contributed by atoms with Crippen molar-refractivity contribution in [3.63, 3.8) is 0 Å². The van der Waals surface area contributed by atoms with Crippen LogP contribution in [0.5, 0.6) is 0 Å². The summed E-state index contributed by atoms with van der Waals surface area (Å²) in [6.07, 6.45) is 2.53. The van der Waals surface area contributed by atoms with E-state index in [4.69, 9.17) is 0 Å². The Hall–Kier alpha value is -1.36. The summed E-state index contributed by atoms with van der Waals surface area (Å²) < 4.78 is 0. The minimum atomic E-state index is -0.361. The Balaban J connectivity index is 2.24. The smallest absolute Gasteiger partial charge is 0.246 e. The van der Waals surface area contributed by atoms with Gasteiger partial charge in [0, 0.05) is 4.88 Å². The van der Waals surface area contributed by atoms with Crippen molar-refractivity contribution in [1.82, 2.24) is 10.2 Å². The summed E-state index contributed by atoms with van der Waals surface area (Å²) >= 11 is 1.65. The van der Waals surface area contributed by atoms with E-state index < -0.39 is 0 Å². The Kier molecular flexibility index (Phi) is 4.58.